The Hall–Kier alpha value is -3.68. The molecule has 8 nitrogen and oxygen atoms in total. The van der Waals surface area contributed by atoms with Gasteiger partial charge >= 0.3 is 0 Å². The van der Waals surface area contributed by atoms with Gasteiger partial charge < -0.3 is 15.0 Å². The second-order valence-corrected chi connectivity index (χ2v) is 7.22. The van der Waals surface area contributed by atoms with Crippen LogP contribution in [0, 0.1) is 0 Å². The van der Waals surface area contributed by atoms with E-state index >= 15 is 0 Å². The van der Waals surface area contributed by atoms with Gasteiger partial charge in [0.1, 0.15) is 12.3 Å². The quantitative estimate of drug-likeness (QED) is 0.768. The smallest absolute Gasteiger partial charge is 0.267 e. The number of hydrogen-bond donors (Lipinski definition) is 1. The standard InChI is InChI=1S/C22H21N3O5/c1-3-10-24-17-9-8-14(11-18(17)30-13(2)20(24)27)23-19(26)12-25-21(28)15-6-4-5-7-16(15)22(25)29/h4-9,11,13H,3,10,12H2,1-2H3,(H,23,26). The van der Waals surface area contributed by atoms with E-state index in [0.717, 1.165) is 11.3 Å². The Morgan fingerprint density at radius 1 is 1.03 bits per heavy atom. The lowest BCUT2D eigenvalue weighted by Gasteiger charge is -2.33. The minimum Gasteiger partial charge on any atom is -0.479 e. The molecule has 154 valence electrons. The summed E-state index contributed by atoms with van der Waals surface area (Å²) in [6, 6.07) is 11.5. The van der Waals surface area contributed by atoms with Crippen LogP contribution in [0.5, 0.6) is 5.75 Å². The van der Waals surface area contributed by atoms with Gasteiger partial charge in [-0.05, 0) is 37.6 Å². The van der Waals surface area contributed by atoms with Crippen LogP contribution in [0.3, 0.4) is 0 Å². The summed E-state index contributed by atoms with van der Waals surface area (Å²) in [6.07, 6.45) is 0.185. The fraction of sp³-hybridized carbons (Fsp3) is 0.273. The molecular formula is C22H21N3O5. The number of imide groups is 1. The molecule has 1 atom stereocenters. The van der Waals surface area contributed by atoms with Crippen LogP contribution >= 0.6 is 0 Å². The molecule has 8 heteroatoms. The lowest BCUT2D eigenvalue weighted by molar-refractivity contribution is -0.125. The Balaban J connectivity index is 1.49. The Kier molecular flexibility index (Phi) is 4.99. The van der Waals surface area contributed by atoms with Gasteiger partial charge in [0.2, 0.25) is 5.91 Å². The van der Waals surface area contributed by atoms with Crippen molar-refractivity contribution < 1.29 is 23.9 Å². The van der Waals surface area contributed by atoms with Gasteiger partial charge in [-0.15, -0.1) is 0 Å². The summed E-state index contributed by atoms with van der Waals surface area (Å²) in [5.74, 6) is -1.08. The number of benzene rings is 2. The lowest BCUT2D eigenvalue weighted by atomic mass is 10.1. The molecule has 0 aromatic heterocycles. The molecule has 0 bridgehead atoms. The molecule has 2 aliphatic rings. The van der Waals surface area contributed by atoms with Crippen LogP contribution < -0.4 is 15.0 Å². The SMILES string of the molecule is CCCN1C(=O)C(C)Oc2cc(NC(=O)CN3C(=O)c4ccccc4C3=O)ccc21. The van der Waals surface area contributed by atoms with Crippen molar-refractivity contribution in [3.63, 3.8) is 0 Å². The molecule has 4 amide bonds. The summed E-state index contributed by atoms with van der Waals surface area (Å²) in [4.78, 5) is 52.3. The number of nitrogens with zero attached hydrogens (tertiary/aromatic N) is 2. The highest BCUT2D eigenvalue weighted by molar-refractivity contribution is 6.22. The van der Waals surface area contributed by atoms with E-state index in [2.05, 4.69) is 5.32 Å². The average Bonchev–Trinajstić information content (AvgIpc) is 2.96. The normalized spacial score (nSPS) is 17.5. The number of carbonyl (C=O) groups is 4. The van der Waals surface area contributed by atoms with E-state index in [1.165, 1.54) is 0 Å². The number of rotatable bonds is 5. The molecule has 0 aliphatic carbocycles. The first-order valence-electron chi connectivity index (χ1n) is 9.78. The molecule has 2 aromatic rings. The zero-order chi connectivity index (χ0) is 21.4. The lowest BCUT2D eigenvalue weighted by Crippen LogP contribution is -2.44. The maximum absolute atomic E-state index is 12.5. The predicted octanol–water partition coefficient (Wildman–Crippen LogP) is 2.45. The maximum Gasteiger partial charge on any atom is 0.267 e. The Bertz CT molecular complexity index is 1030. The largest absolute Gasteiger partial charge is 0.479 e. The Morgan fingerprint density at radius 3 is 2.33 bits per heavy atom. The van der Waals surface area contributed by atoms with Crippen molar-refractivity contribution in [2.45, 2.75) is 26.4 Å². The minimum absolute atomic E-state index is 0.105. The second kappa shape index (κ2) is 7.62. The molecule has 2 aliphatic heterocycles. The summed E-state index contributed by atoms with van der Waals surface area (Å²) < 4.78 is 5.69. The third-order valence-corrected chi connectivity index (χ3v) is 5.08. The number of hydrogen-bond acceptors (Lipinski definition) is 5. The minimum atomic E-state index is -0.617. The summed E-state index contributed by atoms with van der Waals surface area (Å²) in [6.45, 7) is 3.86. The molecular weight excluding hydrogens is 386 g/mol. The molecule has 0 spiro atoms. The van der Waals surface area contributed by atoms with Gasteiger partial charge in [0.15, 0.2) is 6.10 Å². The number of carbonyl (C=O) groups excluding carboxylic acids is 4. The monoisotopic (exact) mass is 407 g/mol. The van der Waals surface area contributed by atoms with Crippen LogP contribution in [0.2, 0.25) is 0 Å². The van der Waals surface area contributed by atoms with Crippen molar-refractivity contribution in [3.8, 4) is 5.75 Å². The zero-order valence-corrected chi connectivity index (χ0v) is 16.7. The molecule has 2 aromatic carbocycles. The topological polar surface area (TPSA) is 96.0 Å². The molecule has 1 N–H and O–H groups in total. The van der Waals surface area contributed by atoms with Crippen LogP contribution in [0.1, 0.15) is 41.0 Å². The molecule has 0 fully saturated rings. The van der Waals surface area contributed by atoms with Crippen LogP contribution in [-0.4, -0.2) is 47.7 Å². The van der Waals surface area contributed by atoms with Gasteiger partial charge in [0.25, 0.3) is 17.7 Å². The average molecular weight is 407 g/mol. The predicted molar refractivity (Wildman–Crippen MR) is 110 cm³/mol. The van der Waals surface area contributed by atoms with Gasteiger partial charge in [-0.1, -0.05) is 19.1 Å². The molecule has 0 radical (unpaired) electrons. The van der Waals surface area contributed by atoms with E-state index in [1.807, 2.05) is 6.92 Å². The summed E-state index contributed by atoms with van der Waals surface area (Å²) in [7, 11) is 0. The number of nitrogens with one attached hydrogen (secondary N) is 1. The van der Waals surface area contributed by atoms with Crippen molar-refractivity contribution in [2.75, 3.05) is 23.3 Å². The zero-order valence-electron chi connectivity index (χ0n) is 16.7. The second-order valence-electron chi connectivity index (χ2n) is 7.22. The van der Waals surface area contributed by atoms with E-state index in [0.29, 0.717) is 34.8 Å². The number of amides is 4. The van der Waals surface area contributed by atoms with Gasteiger partial charge in [0.05, 0.1) is 16.8 Å². The molecule has 30 heavy (non-hydrogen) atoms. The Labute approximate surface area is 173 Å². The van der Waals surface area contributed by atoms with Crippen LogP contribution in [0.15, 0.2) is 42.5 Å². The molecule has 1 unspecified atom stereocenters. The molecule has 2 heterocycles. The van der Waals surface area contributed by atoms with Crippen LogP contribution in [-0.2, 0) is 9.59 Å². The van der Waals surface area contributed by atoms with E-state index in [1.54, 1.807) is 54.3 Å². The number of fused-ring (bicyclic) bond motifs is 2. The summed E-state index contributed by atoms with van der Waals surface area (Å²) in [5, 5.41) is 2.69. The highest BCUT2D eigenvalue weighted by Crippen LogP contribution is 2.36. The van der Waals surface area contributed by atoms with Gasteiger partial charge in [-0.25, -0.2) is 0 Å². The first kappa shape index (κ1) is 19.6. The van der Waals surface area contributed by atoms with Crippen molar-refractivity contribution in [1.29, 1.82) is 0 Å². The van der Waals surface area contributed by atoms with Gasteiger partial charge in [0, 0.05) is 18.3 Å². The van der Waals surface area contributed by atoms with E-state index in [4.69, 9.17) is 4.74 Å². The van der Waals surface area contributed by atoms with Crippen molar-refractivity contribution >= 4 is 35.0 Å². The van der Waals surface area contributed by atoms with Crippen LogP contribution in [0.25, 0.3) is 0 Å². The van der Waals surface area contributed by atoms with E-state index in [-0.39, 0.29) is 12.5 Å². The van der Waals surface area contributed by atoms with Crippen molar-refractivity contribution in [1.82, 2.24) is 4.90 Å². The first-order chi connectivity index (χ1) is 14.4. The Morgan fingerprint density at radius 2 is 1.70 bits per heavy atom. The summed E-state index contributed by atoms with van der Waals surface area (Å²) >= 11 is 0. The third-order valence-electron chi connectivity index (χ3n) is 5.08. The molecule has 0 saturated carbocycles. The van der Waals surface area contributed by atoms with Gasteiger partial charge in [-0.3, -0.25) is 24.1 Å². The fourth-order valence-corrected chi connectivity index (χ4v) is 3.67. The highest BCUT2D eigenvalue weighted by atomic mass is 16.5. The molecule has 4 rings (SSSR count). The van der Waals surface area contributed by atoms with Gasteiger partial charge in [-0.2, -0.15) is 0 Å². The van der Waals surface area contributed by atoms with E-state index < -0.39 is 23.8 Å². The van der Waals surface area contributed by atoms with Crippen molar-refractivity contribution in [2.24, 2.45) is 0 Å². The maximum atomic E-state index is 12.5. The summed E-state index contributed by atoms with van der Waals surface area (Å²) in [5.41, 5.74) is 1.70. The third kappa shape index (κ3) is 3.30. The van der Waals surface area contributed by atoms with E-state index in [9.17, 15) is 19.2 Å². The first-order valence-corrected chi connectivity index (χ1v) is 9.78. The number of ether oxygens (including phenoxy) is 1. The molecule has 0 saturated heterocycles. The number of anilines is 2. The van der Waals surface area contributed by atoms with Crippen LogP contribution in [0.4, 0.5) is 11.4 Å². The van der Waals surface area contributed by atoms with Crippen molar-refractivity contribution in [3.05, 3.63) is 53.6 Å². The highest BCUT2D eigenvalue weighted by Gasteiger charge is 2.36. The fourth-order valence-electron chi connectivity index (χ4n) is 3.67.